The molecule has 13 heteroatoms. The van der Waals surface area contributed by atoms with Crippen molar-refractivity contribution in [1.29, 1.82) is 0 Å². The lowest BCUT2D eigenvalue weighted by Crippen LogP contribution is -2.58. The number of thiazole rings is 1. The first-order valence-corrected chi connectivity index (χ1v) is 17.9. The second-order valence-electron chi connectivity index (χ2n) is 13.9. The second-order valence-corrected chi connectivity index (χ2v) is 14.7. The molecular weight excluding hydrogens is 657 g/mol. The van der Waals surface area contributed by atoms with Crippen LogP contribution < -0.4 is 21.7 Å². The number of carbonyl (C=O) groups excluding carboxylic acids is 4. The van der Waals surface area contributed by atoms with Crippen LogP contribution in [0.1, 0.15) is 81.0 Å². The fourth-order valence-corrected chi connectivity index (χ4v) is 6.69. The summed E-state index contributed by atoms with van der Waals surface area (Å²) in [6.07, 6.45) is 1.79. The first kappa shape index (κ1) is 38.5. The third kappa shape index (κ3) is 10.6. The fourth-order valence-electron chi connectivity index (χ4n) is 5.87. The number of hydrogen-bond acceptors (Lipinski definition) is 9. The smallest absolute Gasteiger partial charge is 0.248 e. The highest BCUT2D eigenvalue weighted by molar-refractivity contribution is 7.13. The Bertz CT molecular complexity index is 1600. The number of nitrogens with zero attached hydrogens (tertiary/aromatic N) is 2. The van der Waals surface area contributed by atoms with Crippen molar-refractivity contribution in [2.45, 2.75) is 84.5 Å². The molecule has 0 radical (unpaired) electrons. The van der Waals surface area contributed by atoms with Gasteiger partial charge in [-0.2, -0.15) is 0 Å². The van der Waals surface area contributed by atoms with Gasteiger partial charge in [-0.25, -0.2) is 4.98 Å². The number of likely N-dealkylation sites (tertiary alicyclic amines) is 1. The van der Waals surface area contributed by atoms with Gasteiger partial charge in [-0.15, -0.1) is 11.3 Å². The highest BCUT2D eigenvalue weighted by Gasteiger charge is 2.44. The highest BCUT2D eigenvalue weighted by Crippen LogP contribution is 2.29. The number of nitrogens with one attached hydrogen (secondary N) is 3. The average Bonchev–Trinajstić information content (AvgIpc) is 3.69. The number of aliphatic hydroxyl groups is 1. The molecular formula is C37H50N6O6S. The van der Waals surface area contributed by atoms with Crippen molar-refractivity contribution in [3.05, 3.63) is 70.9 Å². The molecule has 6 N–H and O–H groups in total. The van der Waals surface area contributed by atoms with Gasteiger partial charge in [-0.1, -0.05) is 45.0 Å². The zero-order valence-corrected chi connectivity index (χ0v) is 30.3. The van der Waals surface area contributed by atoms with Gasteiger partial charge in [0.05, 0.1) is 28.2 Å². The van der Waals surface area contributed by atoms with Crippen LogP contribution in [0.2, 0.25) is 0 Å². The Morgan fingerprint density at radius 2 is 1.74 bits per heavy atom. The number of amides is 4. The number of nitrogens with two attached hydrogens (primary N) is 1. The van der Waals surface area contributed by atoms with Crippen LogP contribution in [0.3, 0.4) is 0 Å². The Balaban J connectivity index is 1.23. The molecule has 2 heterocycles. The van der Waals surface area contributed by atoms with E-state index in [4.69, 9.17) is 10.5 Å². The highest BCUT2D eigenvalue weighted by atomic mass is 32.1. The molecule has 4 atom stereocenters. The number of aliphatic hydroxyl groups excluding tert-OH is 1. The first-order chi connectivity index (χ1) is 23.7. The maximum absolute atomic E-state index is 13.9. The first-order valence-electron chi connectivity index (χ1n) is 17.0. The predicted molar refractivity (Wildman–Crippen MR) is 194 cm³/mol. The molecule has 0 bridgehead atoms. The third-order valence-corrected chi connectivity index (χ3v) is 9.73. The van der Waals surface area contributed by atoms with E-state index in [1.54, 1.807) is 23.5 Å². The molecule has 2 aromatic carbocycles. The number of β-amino-alcohol motifs (C(OH)–C–C–N with tert-alkyl or cyclic N) is 1. The molecule has 50 heavy (non-hydrogen) atoms. The largest absolute Gasteiger partial charge is 0.391 e. The normalized spacial score (nSPS) is 17.2. The molecule has 4 amide bonds. The van der Waals surface area contributed by atoms with Gasteiger partial charge in [0.1, 0.15) is 18.7 Å². The average molecular weight is 707 g/mol. The number of aromatic nitrogens is 1. The number of hydrogen-bond donors (Lipinski definition) is 5. The van der Waals surface area contributed by atoms with E-state index in [0.717, 1.165) is 53.2 Å². The van der Waals surface area contributed by atoms with Crippen molar-refractivity contribution in [3.63, 3.8) is 0 Å². The van der Waals surface area contributed by atoms with Crippen molar-refractivity contribution < 1.29 is 29.0 Å². The van der Waals surface area contributed by atoms with Gasteiger partial charge in [0.15, 0.2) is 0 Å². The van der Waals surface area contributed by atoms with Crippen molar-refractivity contribution in [1.82, 2.24) is 20.5 Å². The van der Waals surface area contributed by atoms with E-state index in [9.17, 15) is 24.3 Å². The number of rotatable bonds is 16. The van der Waals surface area contributed by atoms with Crippen LogP contribution in [-0.4, -0.2) is 83.1 Å². The molecule has 4 rings (SSSR count). The van der Waals surface area contributed by atoms with Gasteiger partial charge in [-0.05, 0) is 73.9 Å². The second kappa shape index (κ2) is 17.6. The molecule has 0 spiro atoms. The van der Waals surface area contributed by atoms with Crippen molar-refractivity contribution in [2.24, 2.45) is 11.1 Å². The van der Waals surface area contributed by atoms with Gasteiger partial charge in [-0.3, -0.25) is 19.2 Å². The molecule has 1 aliphatic rings. The summed E-state index contributed by atoms with van der Waals surface area (Å²) < 4.78 is 5.60. The Morgan fingerprint density at radius 3 is 2.36 bits per heavy atom. The number of benzene rings is 2. The van der Waals surface area contributed by atoms with Crippen LogP contribution in [-0.2, 0) is 19.1 Å². The van der Waals surface area contributed by atoms with Crippen molar-refractivity contribution in [3.8, 4) is 10.4 Å². The standard InChI is InChI=1S/C37H50N6O6S/c1-23(25-9-11-26(12-10-25)32-24(2)40-22-50-32)41-35(47)30-19-29(44)20-43(30)36(48)33(37(3,4)5)42-31(45)21-49-18-8-6-7-17-39-28-15-13-27(14-16-28)34(38)46/h9-16,22-23,29-30,33,39,44H,6-8,17-21H2,1-5H3,(H2,38,46)(H,41,47)(H,42,45)/t23-,29+,30-,33-/m0/s1. The summed E-state index contributed by atoms with van der Waals surface area (Å²) in [7, 11) is 0. The minimum atomic E-state index is -0.928. The summed E-state index contributed by atoms with van der Waals surface area (Å²) >= 11 is 1.58. The summed E-state index contributed by atoms with van der Waals surface area (Å²) in [4.78, 5) is 58.3. The number of unbranched alkanes of at least 4 members (excludes halogenated alkanes) is 2. The fraction of sp³-hybridized carbons (Fsp3) is 0.486. The van der Waals surface area contributed by atoms with Crippen LogP contribution in [0.4, 0.5) is 5.69 Å². The quantitative estimate of drug-likeness (QED) is 0.138. The van der Waals surface area contributed by atoms with E-state index >= 15 is 0 Å². The number of ether oxygens (including phenoxy) is 1. The van der Waals surface area contributed by atoms with Crippen LogP contribution >= 0.6 is 11.3 Å². The lowest BCUT2D eigenvalue weighted by molar-refractivity contribution is -0.144. The molecule has 0 saturated carbocycles. The number of primary amides is 1. The summed E-state index contributed by atoms with van der Waals surface area (Å²) in [6.45, 7) is 10.3. The SMILES string of the molecule is Cc1ncsc1-c1ccc([C@H](C)NC(=O)[C@@H]2C[C@@H](O)CN2C(=O)[C@H](NC(=O)COCCCCCNc2ccc(C(N)=O)cc2)C(C)(C)C)cc1. The Morgan fingerprint density at radius 1 is 1.04 bits per heavy atom. The third-order valence-electron chi connectivity index (χ3n) is 8.76. The summed E-state index contributed by atoms with van der Waals surface area (Å²) in [6, 6.07) is 12.8. The minimum absolute atomic E-state index is 0.000684. The monoisotopic (exact) mass is 706 g/mol. The zero-order valence-electron chi connectivity index (χ0n) is 29.5. The Kier molecular flexibility index (Phi) is 13.5. The summed E-state index contributed by atoms with van der Waals surface area (Å²) in [5.74, 6) is -1.66. The maximum atomic E-state index is 13.9. The van der Waals surface area contributed by atoms with Gasteiger partial charge in [0.2, 0.25) is 23.6 Å². The topological polar surface area (TPSA) is 176 Å². The molecule has 270 valence electrons. The molecule has 3 aromatic rings. The zero-order chi connectivity index (χ0) is 36.4. The van der Waals surface area contributed by atoms with Gasteiger partial charge < -0.3 is 36.4 Å². The number of carbonyl (C=O) groups is 4. The van der Waals surface area contributed by atoms with Gasteiger partial charge in [0.25, 0.3) is 0 Å². The summed E-state index contributed by atoms with van der Waals surface area (Å²) in [5, 5.41) is 19.7. The number of aryl methyl sites for hydroxylation is 1. The van der Waals surface area contributed by atoms with E-state index < -0.39 is 41.3 Å². The van der Waals surface area contributed by atoms with Gasteiger partial charge >= 0.3 is 0 Å². The van der Waals surface area contributed by atoms with Crippen LogP contribution in [0.5, 0.6) is 0 Å². The van der Waals surface area contributed by atoms with E-state index in [1.807, 2.05) is 76.5 Å². The predicted octanol–water partition coefficient (Wildman–Crippen LogP) is 4.19. The molecule has 1 aliphatic heterocycles. The van der Waals surface area contributed by atoms with E-state index in [-0.39, 0.29) is 31.5 Å². The molecule has 1 aromatic heterocycles. The molecule has 0 aliphatic carbocycles. The molecule has 12 nitrogen and oxygen atoms in total. The van der Waals surface area contributed by atoms with Crippen molar-refractivity contribution in [2.75, 3.05) is 31.6 Å². The van der Waals surface area contributed by atoms with Crippen LogP contribution in [0.25, 0.3) is 10.4 Å². The number of anilines is 1. The Labute approximate surface area is 298 Å². The molecule has 1 fully saturated rings. The van der Waals surface area contributed by atoms with Gasteiger partial charge in [0, 0.05) is 37.4 Å². The lowest BCUT2D eigenvalue weighted by Gasteiger charge is -2.35. The maximum Gasteiger partial charge on any atom is 0.248 e. The van der Waals surface area contributed by atoms with Crippen LogP contribution in [0, 0.1) is 12.3 Å². The summed E-state index contributed by atoms with van der Waals surface area (Å²) in [5.41, 5.74) is 10.7. The lowest BCUT2D eigenvalue weighted by atomic mass is 9.85. The molecule has 0 unspecified atom stereocenters. The minimum Gasteiger partial charge on any atom is -0.391 e. The molecule has 1 saturated heterocycles. The van der Waals surface area contributed by atoms with E-state index in [2.05, 4.69) is 20.9 Å². The van der Waals surface area contributed by atoms with Crippen molar-refractivity contribution >= 4 is 40.7 Å². The Hall–Kier alpha value is -4.33. The van der Waals surface area contributed by atoms with E-state index in [1.165, 1.54) is 4.90 Å². The van der Waals surface area contributed by atoms with Crippen LogP contribution in [0.15, 0.2) is 54.0 Å². The van der Waals surface area contributed by atoms with E-state index in [0.29, 0.717) is 12.2 Å².